The second kappa shape index (κ2) is 4.19. The third-order valence-corrected chi connectivity index (χ3v) is 3.78. The van der Waals surface area contributed by atoms with Crippen molar-refractivity contribution < 1.29 is 4.79 Å². The largest absolute Gasteiger partial charge is 0.398 e. The fraction of sp³-hybridized carbons (Fsp3) is 0.500. The Kier molecular flexibility index (Phi) is 2.97. The molecule has 0 spiro atoms. The highest BCUT2D eigenvalue weighted by atomic mass is 16.2. The van der Waals surface area contributed by atoms with Crippen LogP contribution in [0, 0.1) is 6.92 Å². The molecule has 1 heterocycles. The predicted molar refractivity (Wildman–Crippen MR) is 74.7 cm³/mol. The van der Waals surface area contributed by atoms with Crippen molar-refractivity contribution >= 4 is 17.3 Å². The summed E-state index contributed by atoms with van der Waals surface area (Å²) in [6, 6.07) is 5.99. The lowest BCUT2D eigenvalue weighted by molar-refractivity contribution is -0.136. The number of carbonyl (C=O) groups is 1. The van der Waals surface area contributed by atoms with E-state index in [4.69, 9.17) is 5.73 Å². The van der Waals surface area contributed by atoms with Crippen molar-refractivity contribution in [2.75, 3.05) is 30.8 Å². The molecule has 1 aromatic carbocycles. The number of nitrogens with zero attached hydrogens (tertiary/aromatic N) is 2. The van der Waals surface area contributed by atoms with Gasteiger partial charge in [0, 0.05) is 31.5 Å². The van der Waals surface area contributed by atoms with E-state index in [2.05, 4.69) is 4.90 Å². The number of nitrogens with two attached hydrogens (primary N) is 1. The Hall–Kier alpha value is -1.71. The first-order valence-electron chi connectivity index (χ1n) is 6.23. The molecule has 1 amide bonds. The average Bonchev–Trinajstić information content (AvgIpc) is 2.30. The van der Waals surface area contributed by atoms with Gasteiger partial charge in [0.2, 0.25) is 5.91 Å². The third-order valence-electron chi connectivity index (χ3n) is 3.78. The Morgan fingerprint density at radius 3 is 2.56 bits per heavy atom. The van der Waals surface area contributed by atoms with Crippen molar-refractivity contribution in [2.24, 2.45) is 0 Å². The molecular formula is C14H21N3O. The molecule has 0 saturated carbocycles. The van der Waals surface area contributed by atoms with Crippen molar-refractivity contribution in [3.8, 4) is 0 Å². The maximum atomic E-state index is 12.2. The van der Waals surface area contributed by atoms with Gasteiger partial charge in [0.25, 0.3) is 0 Å². The zero-order valence-electron chi connectivity index (χ0n) is 11.5. The van der Waals surface area contributed by atoms with Crippen LogP contribution in [0.25, 0.3) is 0 Å². The van der Waals surface area contributed by atoms with Crippen LogP contribution >= 0.6 is 0 Å². The number of hydrogen-bond donors (Lipinski definition) is 1. The smallest absolute Gasteiger partial charge is 0.247 e. The molecule has 0 bridgehead atoms. The lowest BCUT2D eigenvalue weighted by Gasteiger charge is -2.46. The normalized spacial score (nSPS) is 19.2. The quantitative estimate of drug-likeness (QED) is 0.767. The lowest BCUT2D eigenvalue weighted by atomic mass is 9.96. The second-order valence-electron chi connectivity index (χ2n) is 5.48. The van der Waals surface area contributed by atoms with Crippen LogP contribution in [0.2, 0.25) is 0 Å². The molecule has 0 aromatic heterocycles. The Balaban J connectivity index is 2.38. The van der Waals surface area contributed by atoms with Crippen LogP contribution in [0.5, 0.6) is 0 Å². The molecule has 1 aliphatic rings. The molecular weight excluding hydrogens is 226 g/mol. The van der Waals surface area contributed by atoms with E-state index in [1.54, 1.807) is 4.90 Å². The van der Waals surface area contributed by atoms with Crippen LogP contribution in [-0.2, 0) is 4.79 Å². The SMILES string of the molecule is Cc1ccc(N2CCN(C)C(=O)C2(C)C)cc1N. The van der Waals surface area contributed by atoms with Gasteiger partial charge in [0.05, 0.1) is 0 Å². The van der Waals surface area contributed by atoms with Gasteiger partial charge in [-0.25, -0.2) is 0 Å². The summed E-state index contributed by atoms with van der Waals surface area (Å²) in [5.41, 5.74) is 8.29. The maximum absolute atomic E-state index is 12.2. The minimum Gasteiger partial charge on any atom is -0.398 e. The molecule has 0 unspecified atom stereocenters. The second-order valence-corrected chi connectivity index (χ2v) is 5.48. The number of nitrogen functional groups attached to an aromatic ring is 1. The van der Waals surface area contributed by atoms with E-state index < -0.39 is 5.54 Å². The number of rotatable bonds is 1. The Morgan fingerprint density at radius 1 is 1.28 bits per heavy atom. The summed E-state index contributed by atoms with van der Waals surface area (Å²) in [5.74, 6) is 0.146. The van der Waals surface area contributed by atoms with E-state index >= 15 is 0 Å². The van der Waals surface area contributed by atoms with Crippen molar-refractivity contribution in [1.29, 1.82) is 0 Å². The van der Waals surface area contributed by atoms with E-state index in [0.717, 1.165) is 30.0 Å². The molecule has 4 heteroatoms. The molecule has 4 nitrogen and oxygen atoms in total. The molecule has 1 saturated heterocycles. The van der Waals surface area contributed by atoms with Gasteiger partial charge in [-0.15, -0.1) is 0 Å². The summed E-state index contributed by atoms with van der Waals surface area (Å²) in [6.07, 6.45) is 0. The topological polar surface area (TPSA) is 49.6 Å². The number of carbonyl (C=O) groups excluding carboxylic acids is 1. The number of amides is 1. The minimum absolute atomic E-state index is 0.146. The van der Waals surface area contributed by atoms with Gasteiger partial charge in [0.1, 0.15) is 5.54 Å². The van der Waals surface area contributed by atoms with Crippen LogP contribution in [0.4, 0.5) is 11.4 Å². The maximum Gasteiger partial charge on any atom is 0.247 e. The number of aryl methyl sites for hydroxylation is 1. The lowest BCUT2D eigenvalue weighted by Crippen LogP contribution is -2.62. The monoisotopic (exact) mass is 247 g/mol. The predicted octanol–water partition coefficient (Wildman–Crippen LogP) is 1.63. The summed E-state index contributed by atoms with van der Waals surface area (Å²) >= 11 is 0. The van der Waals surface area contributed by atoms with Gasteiger partial charge in [-0.2, -0.15) is 0 Å². The highest BCUT2D eigenvalue weighted by molar-refractivity contribution is 5.90. The summed E-state index contributed by atoms with van der Waals surface area (Å²) in [4.78, 5) is 16.2. The van der Waals surface area contributed by atoms with Gasteiger partial charge in [-0.1, -0.05) is 6.07 Å². The number of benzene rings is 1. The zero-order chi connectivity index (χ0) is 13.5. The van der Waals surface area contributed by atoms with Crippen LogP contribution in [-0.4, -0.2) is 36.5 Å². The van der Waals surface area contributed by atoms with E-state index in [1.807, 2.05) is 46.0 Å². The van der Waals surface area contributed by atoms with Gasteiger partial charge < -0.3 is 15.5 Å². The Morgan fingerprint density at radius 2 is 1.94 bits per heavy atom. The van der Waals surface area contributed by atoms with Crippen molar-refractivity contribution in [3.05, 3.63) is 23.8 Å². The highest BCUT2D eigenvalue weighted by Crippen LogP contribution is 2.30. The summed E-state index contributed by atoms with van der Waals surface area (Å²) in [6.45, 7) is 7.48. The molecule has 98 valence electrons. The fourth-order valence-corrected chi connectivity index (χ4v) is 2.46. The zero-order valence-corrected chi connectivity index (χ0v) is 11.5. The Bertz CT molecular complexity index is 482. The van der Waals surface area contributed by atoms with E-state index in [-0.39, 0.29) is 5.91 Å². The van der Waals surface area contributed by atoms with Gasteiger partial charge in [0.15, 0.2) is 0 Å². The van der Waals surface area contributed by atoms with Gasteiger partial charge in [-0.05, 0) is 38.5 Å². The molecule has 1 aliphatic heterocycles. The average molecular weight is 247 g/mol. The fourth-order valence-electron chi connectivity index (χ4n) is 2.46. The summed E-state index contributed by atoms with van der Waals surface area (Å²) < 4.78 is 0. The van der Waals surface area contributed by atoms with Crippen LogP contribution in [0.15, 0.2) is 18.2 Å². The third kappa shape index (κ3) is 1.92. The van der Waals surface area contributed by atoms with Crippen molar-refractivity contribution in [1.82, 2.24) is 4.90 Å². The first-order chi connectivity index (χ1) is 8.34. The first kappa shape index (κ1) is 12.7. The number of hydrogen-bond acceptors (Lipinski definition) is 3. The van der Waals surface area contributed by atoms with Crippen molar-refractivity contribution in [2.45, 2.75) is 26.3 Å². The number of anilines is 2. The van der Waals surface area contributed by atoms with Gasteiger partial charge in [-0.3, -0.25) is 4.79 Å². The van der Waals surface area contributed by atoms with Crippen LogP contribution < -0.4 is 10.6 Å². The first-order valence-corrected chi connectivity index (χ1v) is 6.23. The molecule has 0 atom stereocenters. The van der Waals surface area contributed by atoms with Crippen LogP contribution in [0.3, 0.4) is 0 Å². The molecule has 2 rings (SSSR count). The minimum atomic E-state index is -0.519. The summed E-state index contributed by atoms with van der Waals surface area (Å²) in [5, 5.41) is 0. The van der Waals surface area contributed by atoms with Gasteiger partial charge >= 0.3 is 0 Å². The van der Waals surface area contributed by atoms with Crippen molar-refractivity contribution in [3.63, 3.8) is 0 Å². The molecule has 2 N–H and O–H groups in total. The molecule has 1 fully saturated rings. The molecule has 0 radical (unpaired) electrons. The van der Waals surface area contributed by atoms with E-state index in [1.165, 1.54) is 0 Å². The Labute approximate surface area is 108 Å². The number of piperazine rings is 1. The standard InChI is InChI=1S/C14H21N3O/c1-10-5-6-11(9-12(10)15)17-8-7-16(4)13(18)14(17,2)3/h5-6,9H,7-8,15H2,1-4H3. The molecule has 1 aromatic rings. The molecule has 18 heavy (non-hydrogen) atoms. The summed E-state index contributed by atoms with van der Waals surface area (Å²) in [7, 11) is 1.85. The number of likely N-dealkylation sites (N-methyl/N-ethyl adjacent to an activating group) is 1. The van der Waals surface area contributed by atoms with E-state index in [0.29, 0.717) is 0 Å². The molecule has 0 aliphatic carbocycles. The highest BCUT2D eigenvalue weighted by Gasteiger charge is 2.40. The van der Waals surface area contributed by atoms with Crippen LogP contribution in [0.1, 0.15) is 19.4 Å². The van der Waals surface area contributed by atoms with E-state index in [9.17, 15) is 4.79 Å².